The van der Waals surface area contributed by atoms with Crippen molar-refractivity contribution in [3.05, 3.63) is 35.1 Å². The minimum atomic E-state index is -0.0928. The van der Waals surface area contributed by atoms with E-state index in [1.807, 2.05) is 13.0 Å². The van der Waals surface area contributed by atoms with Crippen LogP contribution in [-0.4, -0.2) is 30.1 Å². The third kappa shape index (κ3) is 3.80. The highest BCUT2D eigenvalue weighted by Gasteiger charge is 2.21. The van der Waals surface area contributed by atoms with Crippen LogP contribution in [0.5, 0.6) is 0 Å². The first kappa shape index (κ1) is 15.5. The Morgan fingerprint density at radius 3 is 2.35 bits per heavy atom. The van der Waals surface area contributed by atoms with Gasteiger partial charge in [0.25, 0.3) is 0 Å². The van der Waals surface area contributed by atoms with Crippen LogP contribution < -0.4 is 5.32 Å². The molecule has 0 amide bonds. The Labute approximate surface area is 122 Å². The average Bonchev–Trinajstić information content (AvgIpc) is 2.39. The molecule has 0 saturated carbocycles. The molecule has 0 spiro atoms. The largest absolute Gasteiger partial charge is 0.312 e. The molecule has 2 rings (SSSR count). The van der Waals surface area contributed by atoms with E-state index in [4.69, 9.17) is 0 Å². The van der Waals surface area contributed by atoms with Crippen molar-refractivity contribution in [1.82, 2.24) is 10.2 Å². The summed E-state index contributed by atoms with van der Waals surface area (Å²) in [6.07, 6.45) is 2.28. The summed E-state index contributed by atoms with van der Waals surface area (Å²) in [5.74, 6) is -0.0928. The molecule has 1 aliphatic rings. The Kier molecular flexibility index (Phi) is 5.17. The number of benzene rings is 1. The summed E-state index contributed by atoms with van der Waals surface area (Å²) >= 11 is 0. The number of nitrogens with zero attached hydrogens (tertiary/aromatic N) is 1. The fraction of sp³-hybridized carbons (Fsp3) is 0.647. The molecule has 3 heteroatoms. The molecular formula is C17H27FN2. The van der Waals surface area contributed by atoms with Crippen molar-refractivity contribution in [1.29, 1.82) is 0 Å². The maximum atomic E-state index is 13.7. The van der Waals surface area contributed by atoms with Gasteiger partial charge in [0.05, 0.1) is 0 Å². The van der Waals surface area contributed by atoms with Gasteiger partial charge in [0.15, 0.2) is 0 Å². The molecule has 1 saturated heterocycles. The molecule has 3 unspecified atom stereocenters. The Bertz CT molecular complexity index is 435. The molecule has 0 radical (unpaired) electrons. The van der Waals surface area contributed by atoms with E-state index >= 15 is 0 Å². The third-order valence-corrected chi connectivity index (χ3v) is 4.49. The molecule has 20 heavy (non-hydrogen) atoms. The van der Waals surface area contributed by atoms with Gasteiger partial charge < -0.3 is 5.32 Å². The zero-order valence-corrected chi connectivity index (χ0v) is 13.1. The third-order valence-electron chi connectivity index (χ3n) is 4.49. The molecule has 3 atom stereocenters. The van der Waals surface area contributed by atoms with Gasteiger partial charge in [0.2, 0.25) is 0 Å². The van der Waals surface area contributed by atoms with Crippen LogP contribution in [0.1, 0.15) is 50.8 Å². The van der Waals surface area contributed by atoms with Crippen LogP contribution in [0.15, 0.2) is 18.2 Å². The summed E-state index contributed by atoms with van der Waals surface area (Å²) in [7, 11) is 0. The molecule has 2 nitrogen and oxygen atoms in total. The van der Waals surface area contributed by atoms with Crippen molar-refractivity contribution in [3.8, 4) is 0 Å². The summed E-state index contributed by atoms with van der Waals surface area (Å²) in [5.41, 5.74) is 1.81. The second kappa shape index (κ2) is 6.68. The quantitative estimate of drug-likeness (QED) is 0.888. The van der Waals surface area contributed by atoms with Gasteiger partial charge in [-0.2, -0.15) is 0 Å². The van der Waals surface area contributed by atoms with E-state index in [9.17, 15) is 4.39 Å². The molecular weight excluding hydrogens is 251 g/mol. The van der Waals surface area contributed by atoms with Gasteiger partial charge in [-0.15, -0.1) is 0 Å². The van der Waals surface area contributed by atoms with Gasteiger partial charge in [-0.25, -0.2) is 4.39 Å². The standard InChI is InChI=1S/C17H27FN2/c1-12-5-6-16(11-17(12)18)15(4)20-9-7-13(2)19-14(3)8-10-20/h5-6,11,13-15,19H,7-10H2,1-4H3. The molecule has 0 bridgehead atoms. The van der Waals surface area contributed by atoms with Crippen LogP contribution in [-0.2, 0) is 0 Å². The zero-order valence-electron chi connectivity index (χ0n) is 13.1. The van der Waals surface area contributed by atoms with Crippen molar-refractivity contribution in [2.75, 3.05) is 13.1 Å². The van der Waals surface area contributed by atoms with Gasteiger partial charge >= 0.3 is 0 Å². The summed E-state index contributed by atoms with van der Waals surface area (Å²) in [5, 5.41) is 3.61. The molecule has 1 aromatic rings. The fourth-order valence-electron chi connectivity index (χ4n) is 2.95. The first-order chi connectivity index (χ1) is 9.47. The lowest BCUT2D eigenvalue weighted by atomic mass is 10.0. The van der Waals surface area contributed by atoms with E-state index in [1.165, 1.54) is 0 Å². The highest BCUT2D eigenvalue weighted by atomic mass is 19.1. The predicted octanol–water partition coefficient (Wildman–Crippen LogP) is 3.66. The van der Waals surface area contributed by atoms with E-state index in [-0.39, 0.29) is 11.9 Å². The Hall–Kier alpha value is -0.930. The van der Waals surface area contributed by atoms with Crippen molar-refractivity contribution in [2.24, 2.45) is 0 Å². The normalized spacial score (nSPS) is 26.9. The minimum Gasteiger partial charge on any atom is -0.312 e. The first-order valence-corrected chi connectivity index (χ1v) is 7.73. The Morgan fingerprint density at radius 1 is 1.20 bits per heavy atom. The van der Waals surface area contributed by atoms with Crippen LogP contribution >= 0.6 is 0 Å². The molecule has 1 heterocycles. The van der Waals surface area contributed by atoms with Gasteiger partial charge in [-0.05, 0) is 57.7 Å². The lowest BCUT2D eigenvalue weighted by Crippen LogP contribution is -2.43. The SMILES string of the molecule is Cc1ccc(C(C)N2CCC(C)NC(C)CC2)cc1F. The van der Waals surface area contributed by atoms with E-state index in [0.717, 1.165) is 37.1 Å². The number of rotatable bonds is 2. The van der Waals surface area contributed by atoms with Crippen LogP contribution in [0, 0.1) is 12.7 Å². The van der Waals surface area contributed by atoms with E-state index in [1.54, 1.807) is 6.07 Å². The van der Waals surface area contributed by atoms with Gasteiger partial charge in [0.1, 0.15) is 5.82 Å². The molecule has 1 fully saturated rings. The van der Waals surface area contributed by atoms with Gasteiger partial charge in [-0.3, -0.25) is 4.90 Å². The highest BCUT2D eigenvalue weighted by Crippen LogP contribution is 2.24. The van der Waals surface area contributed by atoms with Crippen molar-refractivity contribution in [3.63, 3.8) is 0 Å². The van der Waals surface area contributed by atoms with Crippen LogP contribution in [0.25, 0.3) is 0 Å². The topological polar surface area (TPSA) is 15.3 Å². The zero-order chi connectivity index (χ0) is 14.7. The number of aryl methyl sites for hydroxylation is 1. The maximum absolute atomic E-state index is 13.7. The number of hydrogen-bond acceptors (Lipinski definition) is 2. The second-order valence-electron chi connectivity index (χ2n) is 6.27. The summed E-state index contributed by atoms with van der Waals surface area (Å²) in [6.45, 7) is 10.6. The second-order valence-corrected chi connectivity index (χ2v) is 6.27. The average molecular weight is 278 g/mol. The van der Waals surface area contributed by atoms with Gasteiger partial charge in [0, 0.05) is 31.2 Å². The predicted molar refractivity (Wildman–Crippen MR) is 82.4 cm³/mol. The van der Waals surface area contributed by atoms with Crippen molar-refractivity contribution >= 4 is 0 Å². The minimum absolute atomic E-state index is 0.0928. The fourth-order valence-corrected chi connectivity index (χ4v) is 2.95. The lowest BCUT2D eigenvalue weighted by molar-refractivity contribution is 0.172. The van der Waals surface area contributed by atoms with Crippen molar-refractivity contribution < 1.29 is 4.39 Å². The monoisotopic (exact) mass is 278 g/mol. The van der Waals surface area contributed by atoms with E-state index in [2.05, 4.69) is 37.1 Å². The lowest BCUT2D eigenvalue weighted by Gasteiger charge is -2.35. The molecule has 112 valence electrons. The van der Waals surface area contributed by atoms with Crippen LogP contribution in [0.2, 0.25) is 0 Å². The van der Waals surface area contributed by atoms with E-state index in [0.29, 0.717) is 12.1 Å². The highest BCUT2D eigenvalue weighted by molar-refractivity contribution is 5.25. The smallest absolute Gasteiger partial charge is 0.126 e. The number of hydrogen-bond donors (Lipinski definition) is 1. The molecule has 1 N–H and O–H groups in total. The molecule has 0 aliphatic carbocycles. The summed E-state index contributed by atoms with van der Waals surface area (Å²) < 4.78 is 13.7. The van der Waals surface area contributed by atoms with Crippen LogP contribution in [0.4, 0.5) is 4.39 Å². The maximum Gasteiger partial charge on any atom is 0.126 e. The van der Waals surface area contributed by atoms with Gasteiger partial charge in [-0.1, -0.05) is 12.1 Å². The van der Waals surface area contributed by atoms with Crippen molar-refractivity contribution in [2.45, 2.75) is 58.7 Å². The number of halogens is 1. The summed E-state index contributed by atoms with van der Waals surface area (Å²) in [6, 6.07) is 7.03. The molecule has 1 aromatic carbocycles. The van der Waals surface area contributed by atoms with E-state index < -0.39 is 0 Å². The Balaban J connectivity index is 2.09. The summed E-state index contributed by atoms with van der Waals surface area (Å²) in [4.78, 5) is 2.48. The molecule has 1 aliphatic heterocycles. The molecule has 0 aromatic heterocycles. The first-order valence-electron chi connectivity index (χ1n) is 7.73. The Morgan fingerprint density at radius 2 is 1.80 bits per heavy atom. The van der Waals surface area contributed by atoms with Crippen LogP contribution in [0.3, 0.4) is 0 Å². The number of nitrogens with one attached hydrogen (secondary N) is 1.